The van der Waals surface area contributed by atoms with Gasteiger partial charge >= 0.3 is 0 Å². The monoisotopic (exact) mass is 279 g/mol. The van der Waals surface area contributed by atoms with Crippen LogP contribution in [0.1, 0.15) is 38.7 Å². The molecule has 1 aromatic heterocycles. The molecule has 3 nitrogen and oxygen atoms in total. The third kappa shape index (κ3) is 3.03. The van der Waals surface area contributed by atoms with Crippen molar-refractivity contribution in [2.45, 2.75) is 51.7 Å². The molecule has 4 heteroatoms. The molecule has 2 fully saturated rings. The summed E-state index contributed by atoms with van der Waals surface area (Å²) >= 11 is 6.42. The molecule has 2 atom stereocenters. The summed E-state index contributed by atoms with van der Waals surface area (Å²) in [4.78, 5) is 6.94. The van der Waals surface area contributed by atoms with Crippen LogP contribution in [0, 0.1) is 5.92 Å². The van der Waals surface area contributed by atoms with E-state index in [4.69, 9.17) is 11.6 Å². The predicted octanol–water partition coefficient (Wildman–Crippen LogP) is 3.22. The highest BCUT2D eigenvalue weighted by Crippen LogP contribution is 2.32. The molecule has 0 bridgehead atoms. The first-order valence-electron chi connectivity index (χ1n) is 7.28. The summed E-state index contributed by atoms with van der Waals surface area (Å²) in [7, 11) is 0. The van der Waals surface area contributed by atoms with Crippen LogP contribution in [0.4, 0.5) is 5.82 Å². The number of nitrogens with zero attached hydrogens (tertiary/aromatic N) is 2. The van der Waals surface area contributed by atoms with Gasteiger partial charge in [0, 0.05) is 31.4 Å². The van der Waals surface area contributed by atoms with Gasteiger partial charge in [-0.25, -0.2) is 4.98 Å². The first-order valence-corrected chi connectivity index (χ1v) is 7.65. The number of aromatic nitrogens is 1. The number of nitrogens with one attached hydrogen (secondary N) is 1. The Bertz CT molecular complexity index is 459. The van der Waals surface area contributed by atoms with Gasteiger partial charge in [-0.15, -0.1) is 0 Å². The van der Waals surface area contributed by atoms with Crippen molar-refractivity contribution in [3.8, 4) is 0 Å². The van der Waals surface area contributed by atoms with Crippen LogP contribution in [-0.4, -0.2) is 23.6 Å². The van der Waals surface area contributed by atoms with E-state index in [1.165, 1.54) is 24.8 Å². The molecule has 1 aliphatic heterocycles. The molecule has 2 unspecified atom stereocenters. The Labute approximate surface area is 120 Å². The summed E-state index contributed by atoms with van der Waals surface area (Å²) in [5, 5.41) is 4.28. The van der Waals surface area contributed by atoms with E-state index in [0.717, 1.165) is 35.9 Å². The minimum atomic E-state index is 0.537. The van der Waals surface area contributed by atoms with Crippen LogP contribution in [0.5, 0.6) is 0 Å². The molecule has 3 rings (SSSR count). The van der Waals surface area contributed by atoms with Gasteiger partial charge in [-0.3, -0.25) is 0 Å². The van der Waals surface area contributed by atoms with E-state index in [9.17, 15) is 0 Å². The number of pyridine rings is 1. The first kappa shape index (κ1) is 13.2. The Morgan fingerprint density at radius 3 is 2.79 bits per heavy atom. The average Bonchev–Trinajstić information content (AvgIpc) is 3.12. The number of anilines is 1. The van der Waals surface area contributed by atoms with Crippen LogP contribution in [0.3, 0.4) is 0 Å². The number of rotatable bonds is 4. The van der Waals surface area contributed by atoms with Crippen LogP contribution < -0.4 is 10.2 Å². The molecule has 0 spiro atoms. The first-order chi connectivity index (χ1) is 9.13. The highest BCUT2D eigenvalue weighted by Gasteiger charge is 2.28. The van der Waals surface area contributed by atoms with Crippen molar-refractivity contribution in [3.63, 3.8) is 0 Å². The maximum Gasteiger partial charge on any atom is 0.147 e. The van der Waals surface area contributed by atoms with Gasteiger partial charge in [0.1, 0.15) is 5.82 Å². The van der Waals surface area contributed by atoms with Gasteiger partial charge in [0.05, 0.1) is 5.02 Å². The Morgan fingerprint density at radius 2 is 2.21 bits per heavy atom. The second-order valence-corrected chi connectivity index (χ2v) is 6.55. The third-order valence-corrected chi connectivity index (χ3v) is 4.38. The van der Waals surface area contributed by atoms with Gasteiger partial charge in [0.25, 0.3) is 0 Å². The topological polar surface area (TPSA) is 28.2 Å². The SMILES string of the molecule is CC1CC(C)N(c2ncc(CNC3CC3)cc2Cl)C1. The molecule has 1 N–H and O–H groups in total. The van der Waals surface area contributed by atoms with Crippen LogP contribution in [0.15, 0.2) is 12.3 Å². The molecular formula is C15H22ClN3. The van der Waals surface area contributed by atoms with Crippen molar-refractivity contribution in [2.24, 2.45) is 5.92 Å². The highest BCUT2D eigenvalue weighted by atomic mass is 35.5. The summed E-state index contributed by atoms with van der Waals surface area (Å²) in [5.74, 6) is 1.68. The number of halogens is 1. The fourth-order valence-electron chi connectivity index (χ4n) is 2.92. The second kappa shape index (κ2) is 5.29. The van der Waals surface area contributed by atoms with Gasteiger partial charge < -0.3 is 10.2 Å². The molecule has 0 amide bonds. The maximum absolute atomic E-state index is 6.42. The molecule has 1 saturated carbocycles. The van der Waals surface area contributed by atoms with Gasteiger partial charge in [0.2, 0.25) is 0 Å². The lowest BCUT2D eigenvalue weighted by Gasteiger charge is -2.24. The summed E-state index contributed by atoms with van der Waals surface area (Å²) < 4.78 is 0. The van der Waals surface area contributed by atoms with E-state index in [2.05, 4.69) is 35.1 Å². The lowest BCUT2D eigenvalue weighted by Crippen LogP contribution is -2.28. The van der Waals surface area contributed by atoms with Crippen LogP contribution >= 0.6 is 11.6 Å². The Hall–Kier alpha value is -0.800. The molecule has 2 heterocycles. The number of hydrogen-bond donors (Lipinski definition) is 1. The van der Waals surface area contributed by atoms with Crippen molar-refractivity contribution in [1.82, 2.24) is 10.3 Å². The van der Waals surface area contributed by atoms with Gasteiger partial charge in [0.15, 0.2) is 0 Å². The van der Waals surface area contributed by atoms with Crippen molar-refractivity contribution in [2.75, 3.05) is 11.4 Å². The van der Waals surface area contributed by atoms with Crippen molar-refractivity contribution < 1.29 is 0 Å². The zero-order chi connectivity index (χ0) is 13.4. The van der Waals surface area contributed by atoms with Gasteiger partial charge in [-0.2, -0.15) is 0 Å². The zero-order valence-corrected chi connectivity index (χ0v) is 12.5. The third-order valence-electron chi connectivity index (χ3n) is 4.11. The Morgan fingerprint density at radius 1 is 1.42 bits per heavy atom. The summed E-state index contributed by atoms with van der Waals surface area (Å²) in [6.45, 7) is 6.49. The smallest absolute Gasteiger partial charge is 0.147 e. The van der Waals surface area contributed by atoms with E-state index >= 15 is 0 Å². The molecule has 0 radical (unpaired) electrons. The standard InChI is InChI=1S/C15H22ClN3/c1-10-5-11(2)19(9-10)15-14(16)6-12(8-18-15)7-17-13-3-4-13/h6,8,10-11,13,17H,3-5,7,9H2,1-2H3. The molecule has 1 saturated heterocycles. The lowest BCUT2D eigenvalue weighted by molar-refractivity contribution is 0.625. The van der Waals surface area contributed by atoms with E-state index in [1.54, 1.807) is 0 Å². The van der Waals surface area contributed by atoms with E-state index < -0.39 is 0 Å². The summed E-state index contributed by atoms with van der Waals surface area (Å²) in [6, 6.07) is 3.32. The average molecular weight is 280 g/mol. The van der Waals surface area contributed by atoms with Gasteiger partial charge in [-0.05, 0) is 43.7 Å². The molecule has 2 aliphatic rings. The van der Waals surface area contributed by atoms with E-state index in [0.29, 0.717) is 6.04 Å². The highest BCUT2D eigenvalue weighted by molar-refractivity contribution is 6.33. The van der Waals surface area contributed by atoms with Crippen molar-refractivity contribution >= 4 is 17.4 Å². The fourth-order valence-corrected chi connectivity index (χ4v) is 3.22. The van der Waals surface area contributed by atoms with E-state index in [1.807, 2.05) is 6.20 Å². The normalized spacial score (nSPS) is 27.0. The minimum absolute atomic E-state index is 0.537. The summed E-state index contributed by atoms with van der Waals surface area (Å²) in [6.07, 6.45) is 5.81. The van der Waals surface area contributed by atoms with Crippen molar-refractivity contribution in [1.29, 1.82) is 0 Å². The predicted molar refractivity (Wildman–Crippen MR) is 79.7 cm³/mol. The molecule has 0 aromatic carbocycles. The maximum atomic E-state index is 6.42. The Balaban J connectivity index is 1.71. The Kier molecular flexibility index (Phi) is 3.68. The van der Waals surface area contributed by atoms with Crippen LogP contribution in [0.25, 0.3) is 0 Å². The molecule has 104 valence electrons. The second-order valence-electron chi connectivity index (χ2n) is 6.15. The van der Waals surface area contributed by atoms with Crippen molar-refractivity contribution in [3.05, 3.63) is 22.8 Å². The largest absolute Gasteiger partial charge is 0.352 e. The molecule has 19 heavy (non-hydrogen) atoms. The molecular weight excluding hydrogens is 258 g/mol. The molecule has 1 aromatic rings. The fraction of sp³-hybridized carbons (Fsp3) is 0.667. The summed E-state index contributed by atoms with van der Waals surface area (Å²) in [5.41, 5.74) is 1.18. The quantitative estimate of drug-likeness (QED) is 0.917. The van der Waals surface area contributed by atoms with Crippen LogP contribution in [-0.2, 0) is 6.54 Å². The number of hydrogen-bond acceptors (Lipinski definition) is 3. The molecule has 1 aliphatic carbocycles. The lowest BCUT2D eigenvalue weighted by atomic mass is 10.1. The van der Waals surface area contributed by atoms with Gasteiger partial charge in [-0.1, -0.05) is 18.5 Å². The minimum Gasteiger partial charge on any atom is -0.352 e. The zero-order valence-electron chi connectivity index (χ0n) is 11.7. The van der Waals surface area contributed by atoms with E-state index in [-0.39, 0.29) is 0 Å². The van der Waals surface area contributed by atoms with Crippen LogP contribution in [0.2, 0.25) is 5.02 Å².